The molecule has 0 radical (unpaired) electrons. The standard InChI is InChI=1S/C25H24N4O5S/c1-2-35(32,33)19-8-6-18(7-9-19)34-23-13-22-21(27-25(28-22)20-5-3-4-10-26-20)11-16(23)14-29-15-17(30)12-24(29)31/h3-11,13,17,30H,2,12,14-15H2,1H3,(H,27,28)/t17-/m1/s1. The Balaban J connectivity index is 1.52. The SMILES string of the molecule is CCS(=O)(=O)c1ccc(Oc2cc3nc(-c4ccccn4)[nH]c3cc2CN2C[C@H](O)CC2=O)cc1. The van der Waals surface area contributed by atoms with Gasteiger partial charge in [-0.15, -0.1) is 0 Å². The van der Waals surface area contributed by atoms with Crippen LogP contribution in [0.4, 0.5) is 0 Å². The predicted molar refractivity (Wildman–Crippen MR) is 130 cm³/mol. The van der Waals surface area contributed by atoms with Crippen molar-refractivity contribution in [3.8, 4) is 23.0 Å². The molecule has 1 aliphatic rings. The van der Waals surface area contributed by atoms with Gasteiger partial charge in [-0.2, -0.15) is 0 Å². The van der Waals surface area contributed by atoms with Crippen molar-refractivity contribution in [1.82, 2.24) is 19.9 Å². The molecule has 0 saturated carbocycles. The van der Waals surface area contributed by atoms with E-state index in [1.807, 2.05) is 24.3 Å². The Morgan fingerprint density at radius 3 is 2.63 bits per heavy atom. The maximum Gasteiger partial charge on any atom is 0.225 e. The van der Waals surface area contributed by atoms with Crippen molar-refractivity contribution in [2.45, 2.75) is 30.9 Å². The van der Waals surface area contributed by atoms with Crippen LogP contribution < -0.4 is 4.74 Å². The fourth-order valence-electron chi connectivity index (χ4n) is 4.04. The summed E-state index contributed by atoms with van der Waals surface area (Å²) in [4.78, 5) is 26.4. The first kappa shape index (κ1) is 23.0. The summed E-state index contributed by atoms with van der Waals surface area (Å²) >= 11 is 0. The van der Waals surface area contributed by atoms with E-state index in [0.29, 0.717) is 28.5 Å². The van der Waals surface area contributed by atoms with Gasteiger partial charge in [0, 0.05) is 30.9 Å². The minimum atomic E-state index is -3.32. The molecule has 3 heterocycles. The number of pyridine rings is 1. The number of imidazole rings is 1. The number of aliphatic hydroxyl groups is 1. The van der Waals surface area contributed by atoms with Crippen molar-refractivity contribution in [2.75, 3.05) is 12.3 Å². The summed E-state index contributed by atoms with van der Waals surface area (Å²) in [6.07, 6.45) is 1.10. The number of amides is 1. The van der Waals surface area contributed by atoms with Crippen LogP contribution in [0.25, 0.3) is 22.6 Å². The van der Waals surface area contributed by atoms with E-state index in [1.165, 1.54) is 12.1 Å². The third-order valence-electron chi connectivity index (χ3n) is 5.92. The van der Waals surface area contributed by atoms with E-state index < -0.39 is 15.9 Å². The topological polar surface area (TPSA) is 125 Å². The molecule has 4 aromatic rings. The highest BCUT2D eigenvalue weighted by Crippen LogP contribution is 2.33. The second-order valence-corrected chi connectivity index (χ2v) is 10.7. The van der Waals surface area contributed by atoms with Gasteiger partial charge in [-0.3, -0.25) is 9.78 Å². The lowest BCUT2D eigenvalue weighted by Crippen LogP contribution is -2.25. The highest BCUT2D eigenvalue weighted by molar-refractivity contribution is 7.91. The zero-order chi connectivity index (χ0) is 24.6. The Kier molecular flexibility index (Phi) is 6.00. The molecule has 2 aromatic heterocycles. The van der Waals surface area contributed by atoms with Crippen molar-refractivity contribution < 1.29 is 23.1 Å². The maximum atomic E-state index is 12.3. The van der Waals surface area contributed by atoms with Crippen molar-refractivity contribution in [3.05, 3.63) is 66.4 Å². The molecule has 35 heavy (non-hydrogen) atoms. The number of aliphatic hydroxyl groups excluding tert-OH is 1. The highest BCUT2D eigenvalue weighted by Gasteiger charge is 2.29. The van der Waals surface area contributed by atoms with E-state index in [9.17, 15) is 18.3 Å². The number of sulfone groups is 1. The van der Waals surface area contributed by atoms with Crippen LogP contribution in [0.3, 0.4) is 0 Å². The van der Waals surface area contributed by atoms with Gasteiger partial charge in [-0.25, -0.2) is 13.4 Å². The number of carbonyl (C=O) groups is 1. The van der Waals surface area contributed by atoms with Gasteiger partial charge in [0.1, 0.15) is 17.2 Å². The first-order valence-corrected chi connectivity index (χ1v) is 12.9. The molecule has 1 saturated heterocycles. The number of likely N-dealkylation sites (tertiary alicyclic amines) is 1. The van der Waals surface area contributed by atoms with Crippen LogP contribution in [0.15, 0.2) is 65.7 Å². The van der Waals surface area contributed by atoms with E-state index in [1.54, 1.807) is 36.2 Å². The van der Waals surface area contributed by atoms with E-state index in [4.69, 9.17) is 4.74 Å². The number of β-amino-alcohol motifs (C(OH)–C–C–N with tert-alkyl or cyclic N) is 1. The Hall–Kier alpha value is -3.76. The Labute approximate surface area is 202 Å². The zero-order valence-corrected chi connectivity index (χ0v) is 19.8. The van der Waals surface area contributed by atoms with Gasteiger partial charge in [0.05, 0.1) is 34.2 Å². The van der Waals surface area contributed by atoms with Gasteiger partial charge in [0.15, 0.2) is 15.7 Å². The second kappa shape index (κ2) is 9.12. The van der Waals surface area contributed by atoms with Crippen LogP contribution in [0.1, 0.15) is 18.9 Å². The zero-order valence-electron chi connectivity index (χ0n) is 19.0. The van der Waals surface area contributed by atoms with E-state index in [0.717, 1.165) is 11.1 Å². The molecule has 0 unspecified atom stereocenters. The van der Waals surface area contributed by atoms with Crippen molar-refractivity contribution in [1.29, 1.82) is 0 Å². The van der Waals surface area contributed by atoms with Crippen molar-refractivity contribution in [2.24, 2.45) is 0 Å². The summed E-state index contributed by atoms with van der Waals surface area (Å²) in [6.45, 7) is 2.10. The number of aromatic amines is 1. The molecular formula is C25H24N4O5S. The Morgan fingerprint density at radius 2 is 1.97 bits per heavy atom. The first-order valence-electron chi connectivity index (χ1n) is 11.2. The second-order valence-electron chi connectivity index (χ2n) is 8.39. The minimum Gasteiger partial charge on any atom is -0.457 e. The Morgan fingerprint density at radius 1 is 1.17 bits per heavy atom. The maximum absolute atomic E-state index is 12.3. The third-order valence-corrected chi connectivity index (χ3v) is 7.67. The van der Waals surface area contributed by atoms with Crippen LogP contribution in [-0.2, 0) is 21.2 Å². The third kappa shape index (κ3) is 4.75. The smallest absolute Gasteiger partial charge is 0.225 e. The molecule has 5 rings (SSSR count). The van der Waals surface area contributed by atoms with Gasteiger partial charge in [0.2, 0.25) is 5.91 Å². The number of nitrogens with zero attached hydrogens (tertiary/aromatic N) is 3. The number of hydrogen-bond donors (Lipinski definition) is 2. The summed E-state index contributed by atoms with van der Waals surface area (Å²) in [5.41, 5.74) is 2.83. The number of benzene rings is 2. The lowest BCUT2D eigenvalue weighted by molar-refractivity contribution is -0.128. The largest absolute Gasteiger partial charge is 0.457 e. The van der Waals surface area contributed by atoms with Gasteiger partial charge >= 0.3 is 0 Å². The molecule has 1 atom stereocenters. The van der Waals surface area contributed by atoms with Crippen LogP contribution in [0, 0.1) is 0 Å². The van der Waals surface area contributed by atoms with Gasteiger partial charge in [-0.05, 0) is 42.5 Å². The van der Waals surface area contributed by atoms with E-state index in [2.05, 4.69) is 15.0 Å². The number of fused-ring (bicyclic) bond motifs is 1. The monoisotopic (exact) mass is 492 g/mol. The number of H-pyrrole nitrogens is 1. The molecule has 0 aliphatic carbocycles. The van der Waals surface area contributed by atoms with Crippen LogP contribution in [-0.4, -0.2) is 57.7 Å². The molecule has 0 bridgehead atoms. The van der Waals surface area contributed by atoms with Crippen LogP contribution in [0.5, 0.6) is 11.5 Å². The number of hydrogen-bond acceptors (Lipinski definition) is 7. The number of rotatable bonds is 7. The summed E-state index contributed by atoms with van der Waals surface area (Å²) in [7, 11) is -3.32. The van der Waals surface area contributed by atoms with E-state index >= 15 is 0 Å². The quantitative estimate of drug-likeness (QED) is 0.405. The molecule has 2 aromatic carbocycles. The molecule has 1 aliphatic heterocycles. The summed E-state index contributed by atoms with van der Waals surface area (Å²) < 4.78 is 30.4. The molecular weight excluding hydrogens is 468 g/mol. The van der Waals surface area contributed by atoms with Crippen LogP contribution in [0.2, 0.25) is 0 Å². The lowest BCUT2D eigenvalue weighted by atomic mass is 10.1. The molecule has 1 amide bonds. The normalized spacial score (nSPS) is 16.2. The fourth-order valence-corrected chi connectivity index (χ4v) is 4.93. The molecule has 180 valence electrons. The summed E-state index contributed by atoms with van der Waals surface area (Å²) in [5, 5.41) is 9.90. The Bertz CT molecular complexity index is 1480. The average Bonchev–Trinajstić information content (AvgIpc) is 3.41. The highest BCUT2D eigenvalue weighted by atomic mass is 32.2. The van der Waals surface area contributed by atoms with Gasteiger partial charge < -0.3 is 19.7 Å². The van der Waals surface area contributed by atoms with Gasteiger partial charge in [0.25, 0.3) is 0 Å². The van der Waals surface area contributed by atoms with Crippen LogP contribution >= 0.6 is 0 Å². The van der Waals surface area contributed by atoms with Crippen molar-refractivity contribution >= 4 is 26.8 Å². The molecule has 1 fully saturated rings. The van der Waals surface area contributed by atoms with Crippen molar-refractivity contribution in [3.63, 3.8) is 0 Å². The molecule has 9 nitrogen and oxygen atoms in total. The summed E-state index contributed by atoms with van der Waals surface area (Å²) in [6, 6.07) is 15.4. The number of nitrogens with one attached hydrogen (secondary N) is 1. The van der Waals surface area contributed by atoms with Gasteiger partial charge in [-0.1, -0.05) is 13.0 Å². The van der Waals surface area contributed by atoms with E-state index in [-0.39, 0.29) is 36.1 Å². The lowest BCUT2D eigenvalue weighted by Gasteiger charge is -2.18. The molecule has 10 heteroatoms. The first-order chi connectivity index (χ1) is 16.8. The predicted octanol–water partition coefficient (Wildman–Crippen LogP) is 3.30. The summed E-state index contributed by atoms with van der Waals surface area (Å²) in [5.74, 6) is 1.43. The molecule has 0 spiro atoms. The number of aromatic nitrogens is 3. The fraction of sp³-hybridized carbons (Fsp3) is 0.240. The molecule has 2 N–H and O–H groups in total. The number of ether oxygens (including phenoxy) is 1. The number of carbonyl (C=O) groups excluding carboxylic acids is 1. The minimum absolute atomic E-state index is 0.0154. The average molecular weight is 493 g/mol.